The van der Waals surface area contributed by atoms with E-state index in [0.29, 0.717) is 36.4 Å². The van der Waals surface area contributed by atoms with Crippen molar-refractivity contribution in [3.63, 3.8) is 0 Å². The van der Waals surface area contributed by atoms with Crippen molar-refractivity contribution in [3.8, 4) is 11.3 Å². The minimum atomic E-state index is -0.596. The van der Waals surface area contributed by atoms with Gasteiger partial charge in [-0.05, 0) is 53.1 Å². The van der Waals surface area contributed by atoms with Crippen molar-refractivity contribution in [2.75, 3.05) is 51.8 Å². The van der Waals surface area contributed by atoms with Crippen LogP contribution in [0.1, 0.15) is 36.7 Å². The van der Waals surface area contributed by atoms with Crippen LogP contribution in [0.15, 0.2) is 30.6 Å². The number of nitrogens with one attached hydrogen (secondary N) is 1. The number of hydrogen-bond acceptors (Lipinski definition) is 8. The summed E-state index contributed by atoms with van der Waals surface area (Å²) in [5.74, 6) is -0.124. The second-order valence-electron chi connectivity index (χ2n) is 10.1. The number of ketones is 1. The molecule has 2 heterocycles. The molecule has 36 heavy (non-hydrogen) atoms. The number of likely N-dealkylation sites (N-methyl/N-ethyl adjacent to an activating group) is 1. The fraction of sp³-hybridized carbons (Fsp3) is 0.462. The van der Waals surface area contributed by atoms with Crippen LogP contribution in [0.2, 0.25) is 0 Å². The standard InChI is InChI=1S/C26H34N6O4/c1-26(2,3)36-25(35)28-10-11-31(14-15-33)19-6-7-20-21-22(19)24(34)18-16-27-9-8-17(18)23(21)29-32(20)13-12-30(4)5/h6-9,16,33H,10-15H2,1-5H3,(H,28,35). The third kappa shape index (κ3) is 5.19. The van der Waals surface area contributed by atoms with Gasteiger partial charge in [-0.1, -0.05) is 0 Å². The van der Waals surface area contributed by atoms with Gasteiger partial charge < -0.3 is 25.0 Å². The summed E-state index contributed by atoms with van der Waals surface area (Å²) in [6.45, 7) is 7.76. The Morgan fingerprint density at radius 2 is 1.92 bits per heavy atom. The average Bonchev–Trinajstić information content (AvgIpc) is 3.18. The van der Waals surface area contributed by atoms with Crippen molar-refractivity contribution in [2.45, 2.75) is 32.9 Å². The molecule has 1 amide bonds. The Bertz CT molecular complexity index is 1280. The van der Waals surface area contributed by atoms with E-state index in [0.717, 1.165) is 28.7 Å². The zero-order valence-corrected chi connectivity index (χ0v) is 21.5. The molecule has 1 aliphatic carbocycles. The summed E-state index contributed by atoms with van der Waals surface area (Å²) in [5, 5.41) is 18.2. The highest BCUT2D eigenvalue weighted by atomic mass is 16.6. The van der Waals surface area contributed by atoms with Crippen molar-refractivity contribution < 1.29 is 19.4 Å². The first kappa shape index (κ1) is 25.6. The van der Waals surface area contributed by atoms with E-state index in [2.05, 4.69) is 15.2 Å². The molecule has 0 atom stereocenters. The Hall–Kier alpha value is -3.50. The lowest BCUT2D eigenvalue weighted by atomic mass is 9.87. The van der Waals surface area contributed by atoms with Crippen LogP contribution in [0, 0.1) is 0 Å². The van der Waals surface area contributed by atoms with E-state index in [-0.39, 0.29) is 18.9 Å². The third-order valence-electron chi connectivity index (χ3n) is 5.96. The first-order chi connectivity index (χ1) is 17.1. The molecule has 0 unspecified atom stereocenters. The van der Waals surface area contributed by atoms with E-state index in [4.69, 9.17) is 9.84 Å². The maximum Gasteiger partial charge on any atom is 0.407 e. The number of alkyl carbamates (subject to hydrolysis) is 1. The number of carbonyl (C=O) groups excluding carboxylic acids is 2. The molecular formula is C26H34N6O4. The predicted molar refractivity (Wildman–Crippen MR) is 138 cm³/mol. The van der Waals surface area contributed by atoms with Crippen molar-refractivity contribution >= 4 is 28.5 Å². The Kier molecular flexibility index (Phi) is 7.28. The normalized spacial score (nSPS) is 12.7. The molecule has 2 aromatic heterocycles. The number of hydrogen-bond donors (Lipinski definition) is 2. The van der Waals surface area contributed by atoms with Gasteiger partial charge >= 0.3 is 6.09 Å². The largest absolute Gasteiger partial charge is 0.444 e. The van der Waals surface area contributed by atoms with E-state index in [1.54, 1.807) is 33.2 Å². The van der Waals surface area contributed by atoms with Crippen LogP contribution in [0.25, 0.3) is 22.2 Å². The van der Waals surface area contributed by atoms with Crippen molar-refractivity contribution in [1.29, 1.82) is 0 Å². The van der Waals surface area contributed by atoms with Gasteiger partial charge in [0.2, 0.25) is 0 Å². The number of ether oxygens (including phenoxy) is 1. The Morgan fingerprint density at radius 3 is 2.61 bits per heavy atom. The van der Waals surface area contributed by atoms with E-state index in [9.17, 15) is 14.7 Å². The topological polar surface area (TPSA) is 113 Å². The van der Waals surface area contributed by atoms with Crippen LogP contribution >= 0.6 is 0 Å². The molecule has 3 aromatic rings. The molecular weight excluding hydrogens is 460 g/mol. The molecule has 192 valence electrons. The van der Waals surface area contributed by atoms with Gasteiger partial charge in [0.1, 0.15) is 11.3 Å². The summed E-state index contributed by atoms with van der Waals surface area (Å²) in [6.07, 6.45) is 2.75. The van der Waals surface area contributed by atoms with Gasteiger partial charge in [-0.15, -0.1) is 0 Å². The van der Waals surface area contributed by atoms with Gasteiger partial charge in [0.05, 0.1) is 29.8 Å². The predicted octanol–water partition coefficient (Wildman–Crippen LogP) is 2.53. The SMILES string of the molecule is CN(C)CCn1nc2c3c(c(N(CCO)CCNC(=O)OC(C)(C)C)ccc31)C(=O)c1cnccc1-2. The van der Waals surface area contributed by atoms with Crippen molar-refractivity contribution in [3.05, 3.63) is 41.7 Å². The average molecular weight is 495 g/mol. The van der Waals surface area contributed by atoms with Gasteiger partial charge in [-0.3, -0.25) is 14.5 Å². The number of aliphatic hydroxyl groups is 1. The monoisotopic (exact) mass is 494 g/mol. The highest BCUT2D eigenvalue weighted by Crippen LogP contribution is 2.42. The molecule has 0 spiro atoms. The molecule has 0 radical (unpaired) electrons. The molecule has 0 fully saturated rings. The van der Waals surface area contributed by atoms with Crippen LogP contribution in [0.3, 0.4) is 0 Å². The molecule has 2 N–H and O–H groups in total. The Morgan fingerprint density at radius 1 is 1.14 bits per heavy atom. The third-order valence-corrected chi connectivity index (χ3v) is 5.96. The van der Waals surface area contributed by atoms with Crippen LogP contribution in [-0.4, -0.2) is 89.1 Å². The number of pyridine rings is 1. The first-order valence-electron chi connectivity index (χ1n) is 12.1. The van der Waals surface area contributed by atoms with Crippen LogP contribution < -0.4 is 10.2 Å². The first-order valence-corrected chi connectivity index (χ1v) is 12.1. The minimum Gasteiger partial charge on any atom is -0.444 e. The van der Waals surface area contributed by atoms with E-state index in [1.807, 2.05) is 41.9 Å². The molecule has 10 heteroatoms. The Balaban J connectivity index is 1.73. The molecule has 10 nitrogen and oxygen atoms in total. The summed E-state index contributed by atoms with van der Waals surface area (Å²) in [6, 6.07) is 5.71. The number of rotatable bonds is 9. The lowest BCUT2D eigenvalue weighted by molar-refractivity contribution is 0.0529. The van der Waals surface area contributed by atoms with Crippen LogP contribution in [0.5, 0.6) is 0 Å². The Labute approximate surface area is 210 Å². The zero-order chi connectivity index (χ0) is 26.0. The quantitative estimate of drug-likeness (QED) is 0.365. The number of aromatic nitrogens is 3. The van der Waals surface area contributed by atoms with Gasteiger partial charge in [-0.25, -0.2) is 4.79 Å². The molecule has 0 bridgehead atoms. The summed E-state index contributed by atoms with van der Waals surface area (Å²) in [4.78, 5) is 34.1. The number of anilines is 1. The molecule has 1 aromatic carbocycles. The molecule has 1 aliphatic rings. The van der Waals surface area contributed by atoms with Gasteiger partial charge in [-0.2, -0.15) is 5.10 Å². The molecule has 0 saturated carbocycles. The lowest BCUT2D eigenvalue weighted by Crippen LogP contribution is -2.39. The second-order valence-corrected chi connectivity index (χ2v) is 10.1. The summed E-state index contributed by atoms with van der Waals surface area (Å²) in [5.41, 5.74) is 3.56. The maximum absolute atomic E-state index is 13.8. The molecule has 4 rings (SSSR count). The summed E-state index contributed by atoms with van der Waals surface area (Å²) >= 11 is 0. The van der Waals surface area contributed by atoms with Crippen molar-refractivity contribution in [1.82, 2.24) is 25.0 Å². The lowest BCUT2D eigenvalue weighted by Gasteiger charge is -2.28. The van der Waals surface area contributed by atoms with E-state index < -0.39 is 11.7 Å². The fourth-order valence-corrected chi connectivity index (χ4v) is 4.40. The number of aliphatic hydroxyl groups excluding tert-OH is 1. The summed E-state index contributed by atoms with van der Waals surface area (Å²) < 4.78 is 7.26. The second kappa shape index (κ2) is 10.2. The number of nitrogens with zero attached hydrogens (tertiary/aromatic N) is 5. The maximum atomic E-state index is 13.8. The summed E-state index contributed by atoms with van der Waals surface area (Å²) in [7, 11) is 4.02. The zero-order valence-electron chi connectivity index (χ0n) is 21.5. The minimum absolute atomic E-state index is 0.106. The smallest absolute Gasteiger partial charge is 0.407 e. The molecule has 0 aliphatic heterocycles. The highest BCUT2D eigenvalue weighted by Gasteiger charge is 2.32. The van der Waals surface area contributed by atoms with Gasteiger partial charge in [0.15, 0.2) is 5.78 Å². The van der Waals surface area contributed by atoms with Gasteiger partial charge in [0.25, 0.3) is 0 Å². The van der Waals surface area contributed by atoms with E-state index in [1.165, 1.54) is 0 Å². The number of amides is 1. The van der Waals surface area contributed by atoms with Gasteiger partial charge in [0, 0.05) is 55.2 Å². The number of carbonyl (C=O) groups is 2. The van der Waals surface area contributed by atoms with Crippen LogP contribution in [0.4, 0.5) is 10.5 Å². The van der Waals surface area contributed by atoms with Crippen molar-refractivity contribution in [2.24, 2.45) is 0 Å². The highest BCUT2D eigenvalue weighted by molar-refractivity contribution is 6.27. The van der Waals surface area contributed by atoms with E-state index >= 15 is 0 Å². The van der Waals surface area contributed by atoms with Crippen LogP contribution in [-0.2, 0) is 11.3 Å². The number of benzene rings is 1. The number of fused-ring (bicyclic) bond motifs is 2. The molecule has 0 saturated heterocycles. The fourth-order valence-electron chi connectivity index (χ4n) is 4.40.